The molecule has 6 heteroatoms. The molecule has 3 heterocycles. The van der Waals surface area contributed by atoms with E-state index in [2.05, 4.69) is 4.98 Å². The molecule has 130 valence electrons. The molecule has 0 radical (unpaired) electrons. The van der Waals surface area contributed by atoms with Gasteiger partial charge in [-0.05, 0) is 11.6 Å². The number of hydrogen-bond acceptors (Lipinski definition) is 3. The van der Waals surface area contributed by atoms with Crippen molar-refractivity contribution in [3.05, 3.63) is 59.9 Å². The molecule has 2 atom stereocenters. The van der Waals surface area contributed by atoms with Gasteiger partial charge in [0.1, 0.15) is 0 Å². The van der Waals surface area contributed by atoms with Crippen LogP contribution in [0.5, 0.6) is 0 Å². The van der Waals surface area contributed by atoms with Gasteiger partial charge in [0.25, 0.3) is 5.91 Å². The summed E-state index contributed by atoms with van der Waals surface area (Å²) < 4.78 is 5.90. The van der Waals surface area contributed by atoms with E-state index in [1.54, 1.807) is 23.4 Å². The van der Waals surface area contributed by atoms with Crippen LogP contribution in [0.1, 0.15) is 22.3 Å². The molecule has 1 aromatic carbocycles. The van der Waals surface area contributed by atoms with Crippen molar-refractivity contribution in [2.75, 3.05) is 19.7 Å². The first-order chi connectivity index (χ1) is 12.2. The lowest BCUT2D eigenvalue weighted by Gasteiger charge is -2.29. The summed E-state index contributed by atoms with van der Waals surface area (Å²) in [6.07, 6.45) is 3.71. The van der Waals surface area contributed by atoms with Gasteiger partial charge in [0, 0.05) is 32.0 Å². The van der Waals surface area contributed by atoms with Gasteiger partial charge in [-0.25, -0.2) is 0 Å². The molecule has 2 aromatic rings. The van der Waals surface area contributed by atoms with E-state index in [1.807, 2.05) is 35.2 Å². The van der Waals surface area contributed by atoms with Crippen LogP contribution >= 0.6 is 0 Å². The molecule has 0 bridgehead atoms. The van der Waals surface area contributed by atoms with Crippen molar-refractivity contribution < 1.29 is 14.3 Å². The predicted octanol–water partition coefficient (Wildman–Crippen LogP) is 1.66. The van der Waals surface area contributed by atoms with Gasteiger partial charge in [-0.1, -0.05) is 30.3 Å². The molecule has 2 amide bonds. The Bertz CT molecular complexity index is 745. The number of nitrogens with zero attached hydrogens (tertiary/aromatic N) is 2. The zero-order chi connectivity index (χ0) is 17.2. The summed E-state index contributed by atoms with van der Waals surface area (Å²) in [5, 5.41) is 0. The van der Waals surface area contributed by atoms with Crippen LogP contribution in [-0.2, 0) is 16.1 Å². The Labute approximate surface area is 146 Å². The molecule has 0 aliphatic carbocycles. The highest BCUT2D eigenvalue weighted by Gasteiger charge is 2.43. The first-order valence-corrected chi connectivity index (χ1v) is 8.59. The van der Waals surface area contributed by atoms with Crippen molar-refractivity contribution in [1.82, 2.24) is 14.8 Å². The van der Waals surface area contributed by atoms with Crippen molar-refractivity contribution in [3.8, 4) is 0 Å². The predicted molar refractivity (Wildman–Crippen MR) is 91.8 cm³/mol. The highest BCUT2D eigenvalue weighted by atomic mass is 16.5. The number of benzene rings is 1. The number of fused-ring (bicyclic) bond motifs is 1. The number of aromatic nitrogens is 1. The SMILES string of the molecule is O=C(c1cc[nH]c1)N1C[C@@H]2OCCC(=O)N(Cc3ccccc3)[C@H]2C1. The maximum absolute atomic E-state index is 12.6. The molecule has 0 saturated carbocycles. The fourth-order valence-corrected chi connectivity index (χ4v) is 3.64. The topological polar surface area (TPSA) is 65.6 Å². The van der Waals surface area contributed by atoms with Gasteiger partial charge in [0.2, 0.25) is 5.91 Å². The first-order valence-electron chi connectivity index (χ1n) is 8.59. The smallest absolute Gasteiger partial charge is 0.255 e. The lowest BCUT2D eigenvalue weighted by molar-refractivity contribution is -0.133. The highest BCUT2D eigenvalue weighted by Crippen LogP contribution is 2.26. The van der Waals surface area contributed by atoms with Gasteiger partial charge in [0.05, 0.1) is 30.7 Å². The standard InChI is InChI=1S/C19H21N3O3/c23-18-7-9-25-17-13-21(19(24)15-6-8-20-10-15)12-16(17)22(18)11-14-4-2-1-3-5-14/h1-6,8,10,16-17,20H,7,9,11-13H2/t16-,17-/m0/s1. The lowest BCUT2D eigenvalue weighted by Crippen LogP contribution is -2.45. The third-order valence-corrected chi connectivity index (χ3v) is 4.93. The maximum Gasteiger partial charge on any atom is 0.255 e. The molecule has 1 aromatic heterocycles. The van der Waals surface area contributed by atoms with E-state index in [0.29, 0.717) is 38.2 Å². The molecule has 2 saturated heterocycles. The van der Waals surface area contributed by atoms with Crippen LogP contribution in [-0.4, -0.2) is 58.4 Å². The minimum Gasteiger partial charge on any atom is -0.374 e. The number of carbonyl (C=O) groups is 2. The van der Waals surface area contributed by atoms with Crippen molar-refractivity contribution in [3.63, 3.8) is 0 Å². The van der Waals surface area contributed by atoms with Crippen LogP contribution in [0.25, 0.3) is 0 Å². The number of H-pyrrole nitrogens is 1. The number of ether oxygens (including phenoxy) is 1. The summed E-state index contributed by atoms with van der Waals surface area (Å²) in [7, 11) is 0. The number of amides is 2. The second-order valence-electron chi connectivity index (χ2n) is 6.54. The van der Waals surface area contributed by atoms with E-state index in [-0.39, 0.29) is 24.0 Å². The number of aromatic amines is 1. The van der Waals surface area contributed by atoms with E-state index < -0.39 is 0 Å². The number of hydrogen-bond donors (Lipinski definition) is 1. The molecule has 0 unspecified atom stereocenters. The van der Waals surface area contributed by atoms with Crippen LogP contribution in [0, 0.1) is 0 Å². The second kappa shape index (κ2) is 6.72. The summed E-state index contributed by atoms with van der Waals surface area (Å²) in [4.78, 5) is 31.8. The Kier molecular flexibility index (Phi) is 4.28. The van der Waals surface area contributed by atoms with Crippen molar-refractivity contribution in [2.24, 2.45) is 0 Å². The third-order valence-electron chi connectivity index (χ3n) is 4.93. The normalized spacial score (nSPS) is 23.4. The molecular weight excluding hydrogens is 318 g/mol. The second-order valence-corrected chi connectivity index (χ2v) is 6.54. The molecule has 0 spiro atoms. The molecule has 2 aliphatic heterocycles. The van der Waals surface area contributed by atoms with Gasteiger partial charge in [-0.15, -0.1) is 0 Å². The number of nitrogens with one attached hydrogen (secondary N) is 1. The van der Waals surface area contributed by atoms with Crippen LogP contribution in [0.3, 0.4) is 0 Å². The Balaban J connectivity index is 1.55. The number of carbonyl (C=O) groups excluding carboxylic acids is 2. The summed E-state index contributed by atoms with van der Waals surface area (Å²) in [5.74, 6) is 0.0670. The Morgan fingerprint density at radius 1 is 1.20 bits per heavy atom. The van der Waals surface area contributed by atoms with Crippen molar-refractivity contribution in [1.29, 1.82) is 0 Å². The Morgan fingerprint density at radius 3 is 2.80 bits per heavy atom. The van der Waals surface area contributed by atoms with E-state index in [1.165, 1.54) is 0 Å². The maximum atomic E-state index is 12.6. The highest BCUT2D eigenvalue weighted by molar-refractivity contribution is 5.94. The minimum absolute atomic E-state index is 0.0231. The number of likely N-dealkylation sites (tertiary alicyclic amines) is 1. The molecule has 2 aliphatic rings. The quantitative estimate of drug-likeness (QED) is 0.925. The fourth-order valence-electron chi connectivity index (χ4n) is 3.64. The van der Waals surface area contributed by atoms with Gasteiger partial charge in [-0.2, -0.15) is 0 Å². The van der Waals surface area contributed by atoms with Crippen LogP contribution in [0.15, 0.2) is 48.8 Å². The van der Waals surface area contributed by atoms with Crippen LogP contribution in [0.4, 0.5) is 0 Å². The molecule has 4 rings (SSSR count). The van der Waals surface area contributed by atoms with Gasteiger partial charge in [0.15, 0.2) is 0 Å². The molecular formula is C19H21N3O3. The van der Waals surface area contributed by atoms with Crippen molar-refractivity contribution >= 4 is 11.8 Å². The van der Waals surface area contributed by atoms with E-state index >= 15 is 0 Å². The minimum atomic E-state index is -0.127. The summed E-state index contributed by atoms with van der Waals surface area (Å²) >= 11 is 0. The lowest BCUT2D eigenvalue weighted by atomic mass is 10.1. The van der Waals surface area contributed by atoms with Gasteiger partial charge >= 0.3 is 0 Å². The summed E-state index contributed by atoms with van der Waals surface area (Å²) in [6.45, 7) is 1.99. The Hall–Kier alpha value is -2.60. The zero-order valence-corrected chi connectivity index (χ0v) is 13.9. The van der Waals surface area contributed by atoms with E-state index in [9.17, 15) is 9.59 Å². The zero-order valence-electron chi connectivity index (χ0n) is 13.9. The third kappa shape index (κ3) is 3.17. The van der Waals surface area contributed by atoms with Gasteiger partial charge < -0.3 is 19.5 Å². The number of rotatable bonds is 3. The average Bonchev–Trinajstić information content (AvgIpc) is 3.28. The summed E-state index contributed by atoms with van der Waals surface area (Å²) in [5.41, 5.74) is 1.73. The largest absolute Gasteiger partial charge is 0.374 e. The molecule has 2 fully saturated rings. The summed E-state index contributed by atoms with van der Waals surface area (Å²) in [6, 6.07) is 11.6. The van der Waals surface area contributed by atoms with Crippen LogP contribution in [0.2, 0.25) is 0 Å². The van der Waals surface area contributed by atoms with E-state index in [4.69, 9.17) is 4.74 Å². The average molecular weight is 339 g/mol. The molecule has 1 N–H and O–H groups in total. The molecule has 25 heavy (non-hydrogen) atoms. The van der Waals surface area contributed by atoms with Crippen molar-refractivity contribution in [2.45, 2.75) is 25.1 Å². The van der Waals surface area contributed by atoms with E-state index in [0.717, 1.165) is 5.56 Å². The first kappa shape index (κ1) is 15.9. The monoisotopic (exact) mass is 339 g/mol. The Morgan fingerprint density at radius 2 is 2.04 bits per heavy atom. The molecule has 6 nitrogen and oxygen atoms in total. The van der Waals surface area contributed by atoms with Crippen LogP contribution < -0.4 is 0 Å². The van der Waals surface area contributed by atoms with Gasteiger partial charge in [-0.3, -0.25) is 9.59 Å². The fraction of sp³-hybridized carbons (Fsp3) is 0.368.